The molecule has 0 saturated carbocycles. The lowest BCUT2D eigenvalue weighted by molar-refractivity contribution is 0.337. The van der Waals surface area contributed by atoms with E-state index in [1.54, 1.807) is 39.0 Å². The molecular weight excluding hydrogens is 262 g/mol. The van der Waals surface area contributed by atoms with Gasteiger partial charge >= 0.3 is 0 Å². The highest BCUT2D eigenvalue weighted by atomic mass is 32.2. The van der Waals surface area contributed by atoms with Crippen LogP contribution in [0.2, 0.25) is 0 Å². The van der Waals surface area contributed by atoms with Gasteiger partial charge in [0.1, 0.15) is 12.4 Å². The lowest BCUT2D eigenvalue weighted by Crippen LogP contribution is -2.32. The average Bonchev–Trinajstić information content (AvgIpc) is 2.30. The Hall–Kier alpha value is -1.54. The average molecular weight is 281 g/mol. The standard InChI is InChI=1S/C14H19NO3S/c1-11-5-6-12(10-15)9-13(11)18-7-8-19(16,17)14(2,3)4/h5-6,9H,7-8H2,1-4H3. The minimum absolute atomic E-state index is 0.0350. The highest BCUT2D eigenvalue weighted by Crippen LogP contribution is 2.20. The summed E-state index contributed by atoms with van der Waals surface area (Å²) < 4.78 is 28.5. The van der Waals surface area contributed by atoms with Crippen LogP contribution >= 0.6 is 0 Å². The lowest BCUT2D eigenvalue weighted by Gasteiger charge is -2.19. The first-order valence-corrected chi connectivity index (χ1v) is 7.68. The van der Waals surface area contributed by atoms with E-state index in [0.29, 0.717) is 11.3 Å². The Balaban J connectivity index is 2.72. The van der Waals surface area contributed by atoms with E-state index in [0.717, 1.165) is 5.56 Å². The molecule has 1 aromatic rings. The molecule has 0 spiro atoms. The second kappa shape index (κ2) is 5.62. The first kappa shape index (κ1) is 15.5. The fourth-order valence-electron chi connectivity index (χ4n) is 1.39. The molecule has 0 atom stereocenters. The minimum atomic E-state index is -3.19. The van der Waals surface area contributed by atoms with Gasteiger partial charge in [0.15, 0.2) is 9.84 Å². The van der Waals surface area contributed by atoms with Crippen LogP contribution in [0.15, 0.2) is 18.2 Å². The number of nitrogens with zero attached hydrogens (tertiary/aromatic N) is 1. The van der Waals surface area contributed by atoms with Gasteiger partial charge in [-0.2, -0.15) is 5.26 Å². The number of aryl methyl sites for hydroxylation is 1. The van der Waals surface area contributed by atoms with E-state index in [1.807, 2.05) is 13.0 Å². The Morgan fingerprint density at radius 2 is 1.95 bits per heavy atom. The van der Waals surface area contributed by atoms with Crippen LogP contribution in [-0.4, -0.2) is 25.5 Å². The van der Waals surface area contributed by atoms with Gasteiger partial charge in [-0.15, -0.1) is 0 Å². The number of hydrogen-bond donors (Lipinski definition) is 0. The molecule has 0 aromatic heterocycles. The molecule has 0 saturated heterocycles. The van der Waals surface area contributed by atoms with Crippen molar-refractivity contribution in [2.24, 2.45) is 0 Å². The summed E-state index contributed by atoms with van der Waals surface area (Å²) in [5, 5.41) is 8.81. The van der Waals surface area contributed by atoms with E-state index >= 15 is 0 Å². The third-order valence-corrected chi connectivity index (χ3v) is 5.43. The van der Waals surface area contributed by atoms with Crippen LogP contribution < -0.4 is 4.74 Å². The van der Waals surface area contributed by atoms with Crippen LogP contribution in [0.4, 0.5) is 0 Å². The molecule has 0 amide bonds. The summed E-state index contributed by atoms with van der Waals surface area (Å²) in [6, 6.07) is 7.14. The fourth-order valence-corrected chi connectivity index (χ4v) is 2.31. The monoisotopic (exact) mass is 281 g/mol. The molecule has 1 aromatic carbocycles. The van der Waals surface area contributed by atoms with Crippen molar-refractivity contribution >= 4 is 9.84 Å². The third-order valence-electron chi connectivity index (χ3n) is 2.86. The second-order valence-corrected chi connectivity index (χ2v) is 8.23. The summed E-state index contributed by atoms with van der Waals surface area (Å²) in [6.45, 7) is 6.96. The Labute approximate surface area is 114 Å². The molecule has 0 radical (unpaired) electrons. The maximum absolute atomic E-state index is 11.9. The van der Waals surface area contributed by atoms with E-state index in [1.165, 1.54) is 0 Å². The predicted octanol–water partition coefficient (Wildman–Crippen LogP) is 2.46. The van der Waals surface area contributed by atoms with Crippen molar-refractivity contribution in [3.63, 3.8) is 0 Å². The van der Waals surface area contributed by atoms with Crippen LogP contribution in [0.25, 0.3) is 0 Å². The lowest BCUT2D eigenvalue weighted by atomic mass is 10.1. The molecule has 0 N–H and O–H groups in total. The molecule has 1 rings (SSSR count). The van der Waals surface area contributed by atoms with Crippen molar-refractivity contribution in [1.29, 1.82) is 5.26 Å². The highest BCUT2D eigenvalue weighted by Gasteiger charge is 2.28. The zero-order valence-corrected chi connectivity index (χ0v) is 12.5. The minimum Gasteiger partial charge on any atom is -0.492 e. The van der Waals surface area contributed by atoms with Gasteiger partial charge in [0, 0.05) is 0 Å². The number of ether oxygens (including phenoxy) is 1. The van der Waals surface area contributed by atoms with Gasteiger partial charge in [0.25, 0.3) is 0 Å². The SMILES string of the molecule is Cc1ccc(C#N)cc1OCCS(=O)(=O)C(C)(C)C. The Bertz CT molecular complexity index is 592. The van der Waals surface area contributed by atoms with Crippen molar-refractivity contribution in [2.45, 2.75) is 32.4 Å². The quantitative estimate of drug-likeness (QED) is 0.850. The molecule has 0 aliphatic heterocycles. The molecule has 0 bridgehead atoms. The van der Waals surface area contributed by atoms with Crippen molar-refractivity contribution in [1.82, 2.24) is 0 Å². The van der Waals surface area contributed by atoms with Crippen LogP contribution in [0.1, 0.15) is 31.9 Å². The molecule has 104 valence electrons. The summed E-state index contributed by atoms with van der Waals surface area (Å²) in [7, 11) is -3.19. The Morgan fingerprint density at radius 3 is 2.47 bits per heavy atom. The maximum Gasteiger partial charge on any atom is 0.158 e. The van der Waals surface area contributed by atoms with Crippen molar-refractivity contribution in [3.05, 3.63) is 29.3 Å². The van der Waals surface area contributed by atoms with Gasteiger partial charge in [-0.1, -0.05) is 6.07 Å². The van der Waals surface area contributed by atoms with E-state index in [2.05, 4.69) is 0 Å². The molecular formula is C14H19NO3S. The number of nitriles is 1. The molecule has 4 nitrogen and oxygen atoms in total. The van der Waals surface area contributed by atoms with E-state index in [9.17, 15) is 8.42 Å². The summed E-state index contributed by atoms with van der Waals surface area (Å²) in [6.07, 6.45) is 0. The number of benzene rings is 1. The zero-order chi connectivity index (χ0) is 14.7. The van der Waals surface area contributed by atoms with Crippen molar-refractivity contribution in [3.8, 4) is 11.8 Å². The summed E-state index contributed by atoms with van der Waals surface area (Å²) >= 11 is 0. The van der Waals surface area contributed by atoms with Gasteiger partial charge in [-0.25, -0.2) is 8.42 Å². The van der Waals surface area contributed by atoms with Crippen molar-refractivity contribution < 1.29 is 13.2 Å². The molecule has 5 heteroatoms. The van der Waals surface area contributed by atoms with Crippen LogP contribution in [0, 0.1) is 18.3 Å². The van der Waals surface area contributed by atoms with E-state index in [-0.39, 0.29) is 12.4 Å². The first-order chi connectivity index (χ1) is 8.67. The normalized spacial score (nSPS) is 11.9. The number of rotatable bonds is 4. The van der Waals surface area contributed by atoms with Gasteiger partial charge in [-0.05, 0) is 45.4 Å². The third kappa shape index (κ3) is 3.97. The van der Waals surface area contributed by atoms with Crippen LogP contribution in [-0.2, 0) is 9.84 Å². The molecule has 19 heavy (non-hydrogen) atoms. The number of hydrogen-bond acceptors (Lipinski definition) is 4. The molecule has 0 aliphatic rings. The van der Waals surface area contributed by atoms with Gasteiger partial charge in [0.2, 0.25) is 0 Å². The molecule has 0 heterocycles. The predicted molar refractivity (Wildman–Crippen MR) is 74.9 cm³/mol. The summed E-state index contributed by atoms with van der Waals surface area (Å²) in [4.78, 5) is 0. The van der Waals surface area contributed by atoms with E-state index < -0.39 is 14.6 Å². The highest BCUT2D eigenvalue weighted by molar-refractivity contribution is 7.92. The van der Waals surface area contributed by atoms with E-state index in [4.69, 9.17) is 10.00 Å². The Kier molecular flexibility index (Phi) is 4.59. The Morgan fingerprint density at radius 1 is 1.32 bits per heavy atom. The fraction of sp³-hybridized carbons (Fsp3) is 0.500. The van der Waals surface area contributed by atoms with Gasteiger partial charge in [0.05, 0.1) is 22.1 Å². The largest absolute Gasteiger partial charge is 0.492 e. The zero-order valence-electron chi connectivity index (χ0n) is 11.7. The molecule has 0 unspecified atom stereocenters. The number of sulfone groups is 1. The topological polar surface area (TPSA) is 67.2 Å². The molecule has 0 fully saturated rings. The van der Waals surface area contributed by atoms with Gasteiger partial charge in [-0.3, -0.25) is 0 Å². The van der Waals surface area contributed by atoms with Crippen molar-refractivity contribution in [2.75, 3.05) is 12.4 Å². The van der Waals surface area contributed by atoms with Gasteiger partial charge < -0.3 is 4.74 Å². The second-order valence-electron chi connectivity index (χ2n) is 5.37. The first-order valence-electron chi connectivity index (χ1n) is 6.03. The summed E-state index contributed by atoms with van der Waals surface area (Å²) in [5.74, 6) is 0.523. The smallest absolute Gasteiger partial charge is 0.158 e. The van der Waals surface area contributed by atoms with Crippen LogP contribution in [0.3, 0.4) is 0 Å². The molecule has 0 aliphatic carbocycles. The van der Waals surface area contributed by atoms with Crippen LogP contribution in [0.5, 0.6) is 5.75 Å². The maximum atomic E-state index is 11.9. The summed E-state index contributed by atoms with van der Waals surface area (Å²) in [5.41, 5.74) is 1.38.